The third kappa shape index (κ3) is 3.12. The molecule has 2 heterocycles. The van der Waals surface area contributed by atoms with Crippen molar-refractivity contribution < 1.29 is 14.7 Å². The van der Waals surface area contributed by atoms with E-state index in [4.69, 9.17) is 0 Å². The summed E-state index contributed by atoms with van der Waals surface area (Å²) in [6, 6.07) is 1.94. The predicted octanol–water partition coefficient (Wildman–Crippen LogP) is 3.47. The van der Waals surface area contributed by atoms with Gasteiger partial charge in [0.25, 0.3) is 5.91 Å². The van der Waals surface area contributed by atoms with Gasteiger partial charge in [0.1, 0.15) is 0 Å². The van der Waals surface area contributed by atoms with Gasteiger partial charge < -0.3 is 10.0 Å². The molecule has 0 aromatic carbocycles. The van der Waals surface area contributed by atoms with Crippen LogP contribution in [0.25, 0.3) is 0 Å². The van der Waals surface area contributed by atoms with Gasteiger partial charge in [-0.25, -0.2) is 0 Å². The van der Waals surface area contributed by atoms with Crippen LogP contribution in [0.3, 0.4) is 0 Å². The van der Waals surface area contributed by atoms with E-state index in [1.165, 1.54) is 0 Å². The number of aryl methyl sites for hydroxylation is 2. The van der Waals surface area contributed by atoms with Gasteiger partial charge in [0.05, 0.1) is 11.0 Å². The number of hydrogen-bond donors (Lipinski definition) is 1. The quantitative estimate of drug-likeness (QED) is 0.926. The maximum absolute atomic E-state index is 12.6. The van der Waals surface area contributed by atoms with Crippen LogP contribution in [0.15, 0.2) is 6.07 Å². The number of likely N-dealkylation sites (tertiary alicyclic amines) is 1. The monoisotopic (exact) mass is 309 g/mol. The number of rotatable bonds is 4. The molecule has 0 bridgehead atoms. The van der Waals surface area contributed by atoms with Gasteiger partial charge in [0, 0.05) is 22.8 Å². The van der Waals surface area contributed by atoms with Crippen molar-refractivity contribution in [3.8, 4) is 0 Å². The molecule has 1 N–H and O–H groups in total. The second-order valence-corrected chi connectivity index (χ2v) is 7.42. The number of amides is 1. The van der Waals surface area contributed by atoms with E-state index >= 15 is 0 Å². The molecule has 0 atom stereocenters. The van der Waals surface area contributed by atoms with Crippen LogP contribution in [0, 0.1) is 19.3 Å². The molecular formula is C16H23NO3S. The van der Waals surface area contributed by atoms with Crippen molar-refractivity contribution in [2.24, 2.45) is 5.41 Å². The molecule has 1 saturated heterocycles. The highest BCUT2D eigenvalue weighted by Crippen LogP contribution is 2.37. The van der Waals surface area contributed by atoms with Crippen molar-refractivity contribution in [2.75, 3.05) is 13.1 Å². The Balaban J connectivity index is 2.08. The van der Waals surface area contributed by atoms with Crippen molar-refractivity contribution in [1.29, 1.82) is 0 Å². The van der Waals surface area contributed by atoms with E-state index in [1.54, 1.807) is 11.3 Å². The molecule has 0 spiro atoms. The second-order valence-electron chi connectivity index (χ2n) is 5.95. The third-order valence-corrected chi connectivity index (χ3v) is 5.43. The Kier molecular flexibility index (Phi) is 4.71. The zero-order valence-corrected chi connectivity index (χ0v) is 13.8. The molecule has 21 heavy (non-hydrogen) atoms. The number of aliphatic carboxylic acids is 1. The van der Waals surface area contributed by atoms with Gasteiger partial charge in [-0.1, -0.05) is 13.3 Å². The second kappa shape index (κ2) is 6.18. The Morgan fingerprint density at radius 3 is 2.38 bits per heavy atom. The van der Waals surface area contributed by atoms with Gasteiger partial charge in [-0.2, -0.15) is 0 Å². The molecule has 0 aliphatic carbocycles. The molecule has 1 aliphatic heterocycles. The van der Waals surface area contributed by atoms with Crippen molar-refractivity contribution in [2.45, 2.75) is 46.5 Å². The van der Waals surface area contributed by atoms with E-state index in [0.717, 1.165) is 21.7 Å². The molecule has 1 aromatic rings. The molecular weight excluding hydrogens is 286 g/mol. The fourth-order valence-electron chi connectivity index (χ4n) is 3.20. The van der Waals surface area contributed by atoms with E-state index in [2.05, 4.69) is 0 Å². The van der Waals surface area contributed by atoms with Crippen molar-refractivity contribution in [3.05, 3.63) is 21.4 Å². The van der Waals surface area contributed by atoms with Crippen LogP contribution >= 0.6 is 11.3 Å². The highest BCUT2D eigenvalue weighted by atomic mass is 32.1. The minimum Gasteiger partial charge on any atom is -0.481 e. The van der Waals surface area contributed by atoms with Gasteiger partial charge in [-0.15, -0.1) is 11.3 Å². The fraction of sp³-hybridized carbons (Fsp3) is 0.625. The average molecular weight is 309 g/mol. The smallest absolute Gasteiger partial charge is 0.309 e. The first-order valence-electron chi connectivity index (χ1n) is 7.49. The molecule has 1 amide bonds. The number of carbonyl (C=O) groups excluding carboxylic acids is 1. The molecule has 1 fully saturated rings. The minimum atomic E-state index is -0.709. The molecule has 0 saturated carbocycles. The first-order valence-corrected chi connectivity index (χ1v) is 8.31. The summed E-state index contributed by atoms with van der Waals surface area (Å²) in [5, 5.41) is 9.51. The summed E-state index contributed by atoms with van der Waals surface area (Å²) < 4.78 is 0. The number of carboxylic acids is 1. The van der Waals surface area contributed by atoms with Crippen LogP contribution in [0.4, 0.5) is 0 Å². The van der Waals surface area contributed by atoms with Gasteiger partial charge in [0.2, 0.25) is 0 Å². The zero-order chi connectivity index (χ0) is 15.6. The normalized spacial score (nSPS) is 17.8. The van der Waals surface area contributed by atoms with Crippen LogP contribution in [-0.4, -0.2) is 35.0 Å². The van der Waals surface area contributed by atoms with Crippen LogP contribution in [0.2, 0.25) is 0 Å². The highest BCUT2D eigenvalue weighted by molar-refractivity contribution is 7.12. The van der Waals surface area contributed by atoms with Crippen molar-refractivity contribution in [1.82, 2.24) is 4.90 Å². The van der Waals surface area contributed by atoms with E-state index in [1.807, 2.05) is 31.7 Å². The highest BCUT2D eigenvalue weighted by Gasteiger charge is 2.41. The van der Waals surface area contributed by atoms with Crippen LogP contribution in [0.1, 0.15) is 52.7 Å². The predicted molar refractivity (Wildman–Crippen MR) is 83.9 cm³/mol. The Labute approximate surface area is 129 Å². The molecule has 1 aromatic heterocycles. The largest absolute Gasteiger partial charge is 0.481 e. The zero-order valence-electron chi connectivity index (χ0n) is 12.9. The average Bonchev–Trinajstić information content (AvgIpc) is 2.78. The van der Waals surface area contributed by atoms with Gasteiger partial charge in [-0.05, 0) is 39.2 Å². The van der Waals surface area contributed by atoms with Gasteiger partial charge in [-0.3, -0.25) is 9.59 Å². The lowest BCUT2D eigenvalue weighted by Crippen LogP contribution is -2.46. The first kappa shape index (κ1) is 16.0. The number of carbonyl (C=O) groups is 2. The Morgan fingerprint density at radius 2 is 1.95 bits per heavy atom. The SMILES string of the molecule is CCCC1(C(=O)O)CCN(C(=O)c2cc(C)sc2C)CC1. The third-order valence-electron chi connectivity index (χ3n) is 4.46. The van der Waals surface area contributed by atoms with Crippen molar-refractivity contribution >= 4 is 23.2 Å². The van der Waals surface area contributed by atoms with E-state index in [-0.39, 0.29) is 5.91 Å². The molecule has 2 rings (SSSR count). The molecule has 0 radical (unpaired) electrons. The molecule has 116 valence electrons. The standard InChI is InChI=1S/C16H23NO3S/c1-4-5-16(15(19)20)6-8-17(9-7-16)14(18)13-10-11(2)21-12(13)3/h10H,4-9H2,1-3H3,(H,19,20). The summed E-state index contributed by atoms with van der Waals surface area (Å²) in [7, 11) is 0. The van der Waals surface area contributed by atoms with E-state index < -0.39 is 11.4 Å². The van der Waals surface area contributed by atoms with Crippen LogP contribution < -0.4 is 0 Å². The number of nitrogens with zero attached hydrogens (tertiary/aromatic N) is 1. The molecule has 5 heteroatoms. The van der Waals surface area contributed by atoms with Crippen molar-refractivity contribution in [3.63, 3.8) is 0 Å². The lowest BCUT2D eigenvalue weighted by molar-refractivity contribution is -0.152. The lowest BCUT2D eigenvalue weighted by atomic mass is 9.75. The van der Waals surface area contributed by atoms with Crippen LogP contribution in [-0.2, 0) is 4.79 Å². The summed E-state index contributed by atoms with van der Waals surface area (Å²) in [6.45, 7) is 7.06. The first-order chi connectivity index (χ1) is 9.89. The Morgan fingerprint density at radius 1 is 1.33 bits per heavy atom. The summed E-state index contributed by atoms with van der Waals surface area (Å²) in [6.07, 6.45) is 2.68. The fourth-order valence-corrected chi connectivity index (χ4v) is 4.12. The van der Waals surface area contributed by atoms with Gasteiger partial charge in [0.15, 0.2) is 0 Å². The summed E-state index contributed by atoms with van der Waals surface area (Å²) in [4.78, 5) is 28.1. The summed E-state index contributed by atoms with van der Waals surface area (Å²) in [5.74, 6) is -0.661. The molecule has 0 unspecified atom stereocenters. The summed E-state index contributed by atoms with van der Waals surface area (Å²) in [5.41, 5.74) is 0.140. The maximum atomic E-state index is 12.6. The Bertz CT molecular complexity index is 542. The maximum Gasteiger partial charge on any atom is 0.309 e. The number of hydrogen-bond acceptors (Lipinski definition) is 3. The summed E-state index contributed by atoms with van der Waals surface area (Å²) >= 11 is 1.63. The number of carboxylic acid groups (broad SMARTS) is 1. The molecule has 4 nitrogen and oxygen atoms in total. The lowest BCUT2D eigenvalue weighted by Gasteiger charge is -2.38. The topological polar surface area (TPSA) is 57.6 Å². The molecule has 1 aliphatic rings. The van der Waals surface area contributed by atoms with Gasteiger partial charge >= 0.3 is 5.97 Å². The number of thiophene rings is 1. The van der Waals surface area contributed by atoms with E-state index in [9.17, 15) is 14.7 Å². The van der Waals surface area contributed by atoms with Crippen LogP contribution in [0.5, 0.6) is 0 Å². The number of piperidine rings is 1. The van der Waals surface area contributed by atoms with E-state index in [0.29, 0.717) is 32.4 Å². The Hall–Kier alpha value is -1.36. The minimum absolute atomic E-state index is 0.0485.